The summed E-state index contributed by atoms with van der Waals surface area (Å²) >= 11 is 0. The lowest BCUT2D eigenvalue weighted by Crippen LogP contribution is -2.03. The highest BCUT2D eigenvalue weighted by Gasteiger charge is 2.11. The molecule has 8 heteroatoms. The Morgan fingerprint density at radius 3 is 2.78 bits per heavy atom. The molecule has 3 N–H and O–H groups in total. The standard InChI is InChI=1S/C15H14N6O2/c1-17-11-5-6-20(9-11)14-8-13(18-15(16)19-14)10-3-2-4-12(7-10)21(22)23/h2-9,17H,1H3,(H2,16,18,19). The minimum absolute atomic E-state index is 0.000308. The van der Waals surface area contributed by atoms with E-state index >= 15 is 0 Å². The maximum absolute atomic E-state index is 10.9. The zero-order chi connectivity index (χ0) is 16.4. The SMILES string of the molecule is CNc1ccn(-c2cc(-c3cccc([N+](=O)[O-])c3)nc(N)n2)c1. The van der Waals surface area contributed by atoms with E-state index in [9.17, 15) is 10.1 Å². The first-order chi connectivity index (χ1) is 11.1. The molecule has 0 radical (unpaired) electrons. The molecule has 0 saturated carbocycles. The van der Waals surface area contributed by atoms with Crippen molar-refractivity contribution in [1.29, 1.82) is 0 Å². The van der Waals surface area contributed by atoms with Gasteiger partial charge in [0.05, 0.1) is 16.3 Å². The molecule has 0 bridgehead atoms. The van der Waals surface area contributed by atoms with Gasteiger partial charge in [-0.25, -0.2) is 4.98 Å². The maximum atomic E-state index is 10.9. The van der Waals surface area contributed by atoms with Gasteiger partial charge in [0.1, 0.15) is 5.82 Å². The second-order valence-electron chi connectivity index (χ2n) is 4.83. The molecule has 2 aromatic heterocycles. The van der Waals surface area contributed by atoms with Crippen molar-refractivity contribution >= 4 is 17.3 Å². The fourth-order valence-electron chi connectivity index (χ4n) is 2.20. The highest BCUT2D eigenvalue weighted by Crippen LogP contribution is 2.24. The second-order valence-corrected chi connectivity index (χ2v) is 4.83. The van der Waals surface area contributed by atoms with Gasteiger partial charge in [-0.3, -0.25) is 10.1 Å². The summed E-state index contributed by atoms with van der Waals surface area (Å²) in [5.74, 6) is 0.684. The van der Waals surface area contributed by atoms with Gasteiger partial charge in [-0.15, -0.1) is 0 Å². The minimum Gasteiger partial charge on any atom is -0.387 e. The fraction of sp³-hybridized carbons (Fsp3) is 0.0667. The molecular formula is C15H14N6O2. The first-order valence-electron chi connectivity index (χ1n) is 6.82. The van der Waals surface area contributed by atoms with Gasteiger partial charge in [-0.05, 0) is 6.07 Å². The summed E-state index contributed by atoms with van der Waals surface area (Å²) in [5.41, 5.74) is 7.85. The van der Waals surface area contributed by atoms with Gasteiger partial charge in [0, 0.05) is 43.2 Å². The molecule has 0 unspecified atom stereocenters. The number of hydrogen-bond donors (Lipinski definition) is 2. The number of nitrogens with two attached hydrogens (primary N) is 1. The summed E-state index contributed by atoms with van der Waals surface area (Å²) in [5, 5.41) is 13.9. The number of nitrogens with one attached hydrogen (secondary N) is 1. The molecule has 23 heavy (non-hydrogen) atoms. The molecule has 2 heterocycles. The van der Waals surface area contributed by atoms with E-state index in [0.717, 1.165) is 5.69 Å². The van der Waals surface area contributed by atoms with Crippen molar-refractivity contribution in [3.8, 4) is 17.1 Å². The van der Waals surface area contributed by atoms with Crippen LogP contribution in [0.5, 0.6) is 0 Å². The zero-order valence-corrected chi connectivity index (χ0v) is 12.3. The topological polar surface area (TPSA) is 112 Å². The van der Waals surface area contributed by atoms with Gasteiger partial charge in [-0.2, -0.15) is 4.98 Å². The normalized spacial score (nSPS) is 10.5. The minimum atomic E-state index is -0.444. The summed E-state index contributed by atoms with van der Waals surface area (Å²) in [6.45, 7) is 0. The number of benzene rings is 1. The van der Waals surface area contributed by atoms with Crippen molar-refractivity contribution < 1.29 is 4.92 Å². The second kappa shape index (κ2) is 5.76. The molecule has 0 aliphatic heterocycles. The van der Waals surface area contributed by atoms with Crippen LogP contribution in [0.15, 0.2) is 48.8 Å². The van der Waals surface area contributed by atoms with E-state index in [1.165, 1.54) is 12.1 Å². The summed E-state index contributed by atoms with van der Waals surface area (Å²) in [4.78, 5) is 18.8. The summed E-state index contributed by atoms with van der Waals surface area (Å²) < 4.78 is 1.80. The number of nitro groups is 1. The number of anilines is 2. The third-order valence-electron chi connectivity index (χ3n) is 3.33. The molecule has 0 atom stereocenters. The van der Waals surface area contributed by atoms with Crippen LogP contribution in [0, 0.1) is 10.1 Å². The zero-order valence-electron chi connectivity index (χ0n) is 12.3. The molecule has 0 spiro atoms. The van der Waals surface area contributed by atoms with Gasteiger partial charge < -0.3 is 15.6 Å². The van der Waals surface area contributed by atoms with Crippen LogP contribution >= 0.6 is 0 Å². The van der Waals surface area contributed by atoms with Crippen LogP contribution in [0.1, 0.15) is 0 Å². The van der Waals surface area contributed by atoms with Crippen molar-refractivity contribution in [2.75, 3.05) is 18.1 Å². The van der Waals surface area contributed by atoms with Crippen molar-refractivity contribution in [2.45, 2.75) is 0 Å². The first-order valence-corrected chi connectivity index (χ1v) is 6.82. The van der Waals surface area contributed by atoms with Gasteiger partial charge in [-0.1, -0.05) is 12.1 Å². The van der Waals surface area contributed by atoms with Gasteiger partial charge in [0.25, 0.3) is 5.69 Å². The molecular weight excluding hydrogens is 296 g/mol. The van der Waals surface area contributed by atoms with Crippen molar-refractivity contribution in [3.63, 3.8) is 0 Å². The Bertz CT molecular complexity index is 874. The highest BCUT2D eigenvalue weighted by atomic mass is 16.6. The van der Waals surface area contributed by atoms with E-state index in [4.69, 9.17) is 5.73 Å². The molecule has 8 nitrogen and oxygen atoms in total. The van der Waals surface area contributed by atoms with E-state index in [0.29, 0.717) is 17.1 Å². The molecule has 0 saturated heterocycles. The number of aromatic nitrogens is 3. The lowest BCUT2D eigenvalue weighted by atomic mass is 10.1. The Morgan fingerprint density at radius 1 is 1.26 bits per heavy atom. The quantitative estimate of drug-likeness (QED) is 0.565. The number of nitrogen functional groups attached to an aromatic ring is 1. The predicted octanol–water partition coefficient (Wildman–Crippen LogP) is 2.47. The average molecular weight is 310 g/mol. The Balaban J connectivity index is 2.07. The average Bonchev–Trinajstić information content (AvgIpc) is 3.03. The largest absolute Gasteiger partial charge is 0.387 e. The molecule has 0 aliphatic rings. The molecule has 0 aliphatic carbocycles. The Kier molecular flexibility index (Phi) is 3.63. The van der Waals surface area contributed by atoms with Gasteiger partial charge in [0.2, 0.25) is 5.95 Å². The van der Waals surface area contributed by atoms with E-state index in [-0.39, 0.29) is 11.6 Å². The monoisotopic (exact) mass is 310 g/mol. The summed E-state index contributed by atoms with van der Waals surface area (Å²) in [6, 6.07) is 9.87. The summed E-state index contributed by atoms with van der Waals surface area (Å²) in [7, 11) is 1.82. The molecule has 116 valence electrons. The van der Waals surface area contributed by atoms with Crippen LogP contribution in [0.3, 0.4) is 0 Å². The van der Waals surface area contributed by atoms with Crippen molar-refractivity contribution in [2.24, 2.45) is 0 Å². The Hall–Kier alpha value is -3.42. The molecule has 1 aromatic carbocycles. The third kappa shape index (κ3) is 2.95. The van der Waals surface area contributed by atoms with Crippen molar-refractivity contribution in [3.05, 3.63) is 58.9 Å². The van der Waals surface area contributed by atoms with Crippen LogP contribution in [0.25, 0.3) is 17.1 Å². The van der Waals surface area contributed by atoms with Crippen LogP contribution in [0.2, 0.25) is 0 Å². The van der Waals surface area contributed by atoms with Crippen LogP contribution in [-0.2, 0) is 0 Å². The number of nitro benzene ring substituents is 1. The van der Waals surface area contributed by atoms with E-state index in [1.807, 2.05) is 25.5 Å². The third-order valence-corrected chi connectivity index (χ3v) is 3.33. The fourth-order valence-corrected chi connectivity index (χ4v) is 2.20. The van der Waals surface area contributed by atoms with E-state index in [1.54, 1.807) is 22.8 Å². The Labute approximate surface area is 131 Å². The molecule has 0 fully saturated rings. The van der Waals surface area contributed by atoms with Crippen LogP contribution < -0.4 is 11.1 Å². The van der Waals surface area contributed by atoms with Crippen LogP contribution in [0.4, 0.5) is 17.3 Å². The summed E-state index contributed by atoms with van der Waals surface area (Å²) in [6.07, 6.45) is 3.70. The lowest BCUT2D eigenvalue weighted by Gasteiger charge is -2.07. The van der Waals surface area contributed by atoms with E-state index < -0.39 is 4.92 Å². The number of nitrogens with zero attached hydrogens (tertiary/aromatic N) is 4. The highest BCUT2D eigenvalue weighted by molar-refractivity contribution is 5.65. The smallest absolute Gasteiger partial charge is 0.270 e. The molecule has 3 aromatic rings. The Morgan fingerprint density at radius 2 is 2.09 bits per heavy atom. The molecule has 3 rings (SSSR count). The van der Waals surface area contributed by atoms with Gasteiger partial charge in [0.15, 0.2) is 0 Å². The number of hydrogen-bond acceptors (Lipinski definition) is 6. The number of rotatable bonds is 4. The predicted molar refractivity (Wildman–Crippen MR) is 87.4 cm³/mol. The molecule has 0 amide bonds. The van der Waals surface area contributed by atoms with Crippen molar-refractivity contribution in [1.82, 2.24) is 14.5 Å². The van der Waals surface area contributed by atoms with Crippen LogP contribution in [-0.4, -0.2) is 26.5 Å². The van der Waals surface area contributed by atoms with Gasteiger partial charge >= 0.3 is 0 Å². The number of non-ortho nitro benzene ring substituents is 1. The maximum Gasteiger partial charge on any atom is 0.270 e. The first kappa shape index (κ1) is 14.5. The van der Waals surface area contributed by atoms with E-state index in [2.05, 4.69) is 15.3 Å². The lowest BCUT2D eigenvalue weighted by molar-refractivity contribution is -0.384.